The van der Waals surface area contributed by atoms with E-state index in [0.29, 0.717) is 12.4 Å². The first-order valence-corrected chi connectivity index (χ1v) is 7.43. The highest BCUT2D eigenvalue weighted by Gasteiger charge is 2.25. The molecule has 0 aromatic carbocycles. The Morgan fingerprint density at radius 2 is 2.43 bits per heavy atom. The minimum absolute atomic E-state index is 0.0301. The van der Waals surface area contributed by atoms with Crippen molar-refractivity contribution in [2.45, 2.75) is 45.3 Å². The number of pyridine rings is 1. The molecule has 6 heteroatoms. The number of rotatable bonds is 6. The Balaban J connectivity index is 2.07. The second kappa shape index (κ2) is 7.36. The first-order chi connectivity index (χ1) is 10.1. The standard InChI is InChI=1S/C15H22FN3O2/c1-3-6-17-14-12(8-11(16)9-18-14)15(20)19-10(2)13-5-4-7-21-13/h8-10,13H,3-7H2,1-2H3,(H,17,18)(H,19,20). The fraction of sp³-hybridized carbons (Fsp3) is 0.600. The minimum Gasteiger partial charge on any atom is -0.376 e. The summed E-state index contributed by atoms with van der Waals surface area (Å²) in [7, 11) is 0. The molecule has 2 heterocycles. The summed E-state index contributed by atoms with van der Waals surface area (Å²) in [4.78, 5) is 16.3. The first-order valence-electron chi connectivity index (χ1n) is 7.43. The van der Waals surface area contributed by atoms with Crippen molar-refractivity contribution in [2.75, 3.05) is 18.5 Å². The van der Waals surface area contributed by atoms with Crippen molar-refractivity contribution in [2.24, 2.45) is 0 Å². The van der Waals surface area contributed by atoms with Crippen LogP contribution in [0.2, 0.25) is 0 Å². The van der Waals surface area contributed by atoms with Crippen LogP contribution in [0.3, 0.4) is 0 Å². The monoisotopic (exact) mass is 295 g/mol. The third-order valence-electron chi connectivity index (χ3n) is 3.52. The largest absolute Gasteiger partial charge is 0.376 e. The number of amides is 1. The molecule has 0 bridgehead atoms. The van der Waals surface area contributed by atoms with Crippen LogP contribution >= 0.6 is 0 Å². The van der Waals surface area contributed by atoms with Crippen molar-refractivity contribution in [1.29, 1.82) is 0 Å². The highest BCUT2D eigenvalue weighted by Crippen LogP contribution is 2.18. The van der Waals surface area contributed by atoms with Crippen LogP contribution in [0.5, 0.6) is 0 Å². The average molecular weight is 295 g/mol. The Morgan fingerprint density at radius 1 is 1.62 bits per heavy atom. The quantitative estimate of drug-likeness (QED) is 0.845. The number of anilines is 1. The summed E-state index contributed by atoms with van der Waals surface area (Å²) in [6.45, 7) is 5.32. The Labute approximate surface area is 124 Å². The van der Waals surface area contributed by atoms with Gasteiger partial charge in [-0.15, -0.1) is 0 Å². The van der Waals surface area contributed by atoms with E-state index >= 15 is 0 Å². The molecule has 21 heavy (non-hydrogen) atoms. The van der Waals surface area contributed by atoms with E-state index in [1.54, 1.807) is 0 Å². The smallest absolute Gasteiger partial charge is 0.255 e. The summed E-state index contributed by atoms with van der Waals surface area (Å²) in [5.74, 6) is -0.439. The highest BCUT2D eigenvalue weighted by molar-refractivity contribution is 5.98. The van der Waals surface area contributed by atoms with Crippen LogP contribution in [0.25, 0.3) is 0 Å². The van der Waals surface area contributed by atoms with E-state index in [1.807, 2.05) is 13.8 Å². The number of nitrogens with zero attached hydrogens (tertiary/aromatic N) is 1. The second-order valence-corrected chi connectivity index (χ2v) is 5.29. The van der Waals surface area contributed by atoms with E-state index in [9.17, 15) is 9.18 Å². The molecule has 2 N–H and O–H groups in total. The van der Waals surface area contributed by atoms with Gasteiger partial charge in [-0.3, -0.25) is 4.79 Å². The number of hydrogen-bond donors (Lipinski definition) is 2. The van der Waals surface area contributed by atoms with E-state index < -0.39 is 5.82 Å². The van der Waals surface area contributed by atoms with Gasteiger partial charge in [0, 0.05) is 13.2 Å². The van der Waals surface area contributed by atoms with Gasteiger partial charge in [-0.2, -0.15) is 0 Å². The van der Waals surface area contributed by atoms with Crippen LogP contribution in [-0.2, 0) is 4.74 Å². The normalized spacial score (nSPS) is 19.3. The Morgan fingerprint density at radius 3 is 3.10 bits per heavy atom. The van der Waals surface area contributed by atoms with Gasteiger partial charge in [0.1, 0.15) is 11.6 Å². The topological polar surface area (TPSA) is 63.2 Å². The molecule has 0 saturated carbocycles. The number of aromatic nitrogens is 1. The van der Waals surface area contributed by atoms with Crippen LogP contribution < -0.4 is 10.6 Å². The van der Waals surface area contributed by atoms with Crippen LogP contribution in [0, 0.1) is 5.82 Å². The fourth-order valence-electron chi connectivity index (χ4n) is 2.37. The van der Waals surface area contributed by atoms with Crippen LogP contribution in [0.4, 0.5) is 10.2 Å². The number of halogens is 1. The molecule has 1 amide bonds. The van der Waals surface area contributed by atoms with E-state index in [1.165, 1.54) is 6.07 Å². The van der Waals surface area contributed by atoms with Crippen molar-refractivity contribution in [3.63, 3.8) is 0 Å². The Bertz CT molecular complexity index is 490. The third-order valence-corrected chi connectivity index (χ3v) is 3.52. The maximum absolute atomic E-state index is 13.4. The molecule has 5 nitrogen and oxygen atoms in total. The molecule has 1 saturated heterocycles. The molecule has 2 rings (SSSR count). The Kier molecular flexibility index (Phi) is 5.50. The number of carbonyl (C=O) groups is 1. The molecular weight excluding hydrogens is 273 g/mol. The second-order valence-electron chi connectivity index (χ2n) is 5.29. The number of hydrogen-bond acceptors (Lipinski definition) is 4. The molecule has 0 radical (unpaired) electrons. The van der Waals surface area contributed by atoms with Gasteiger partial charge in [-0.1, -0.05) is 6.92 Å². The fourth-order valence-corrected chi connectivity index (χ4v) is 2.37. The van der Waals surface area contributed by atoms with Crippen molar-refractivity contribution in [3.8, 4) is 0 Å². The summed E-state index contributed by atoms with van der Waals surface area (Å²) < 4.78 is 18.9. The van der Waals surface area contributed by atoms with Crippen molar-refractivity contribution in [3.05, 3.63) is 23.6 Å². The zero-order valence-electron chi connectivity index (χ0n) is 12.5. The maximum atomic E-state index is 13.4. The lowest BCUT2D eigenvalue weighted by molar-refractivity contribution is 0.0712. The van der Waals surface area contributed by atoms with E-state index in [-0.39, 0.29) is 23.6 Å². The summed E-state index contributed by atoms with van der Waals surface area (Å²) in [6, 6.07) is 1.10. The Hall–Kier alpha value is -1.69. The summed E-state index contributed by atoms with van der Waals surface area (Å²) >= 11 is 0. The van der Waals surface area contributed by atoms with Gasteiger partial charge in [0.15, 0.2) is 0 Å². The van der Waals surface area contributed by atoms with Crippen LogP contribution in [-0.4, -0.2) is 36.2 Å². The van der Waals surface area contributed by atoms with E-state index in [4.69, 9.17) is 4.74 Å². The summed E-state index contributed by atoms with van der Waals surface area (Å²) in [5.41, 5.74) is 0.230. The van der Waals surface area contributed by atoms with Crippen molar-refractivity contribution >= 4 is 11.7 Å². The lowest BCUT2D eigenvalue weighted by atomic mass is 10.1. The molecule has 1 fully saturated rings. The predicted molar refractivity (Wildman–Crippen MR) is 78.9 cm³/mol. The minimum atomic E-state index is -0.521. The molecule has 0 spiro atoms. The molecule has 2 atom stereocenters. The molecule has 1 aliphatic heterocycles. The maximum Gasteiger partial charge on any atom is 0.255 e. The predicted octanol–water partition coefficient (Wildman–Crippen LogP) is 2.34. The highest BCUT2D eigenvalue weighted by atomic mass is 19.1. The van der Waals surface area contributed by atoms with Crippen molar-refractivity contribution in [1.82, 2.24) is 10.3 Å². The number of ether oxygens (including phenoxy) is 1. The zero-order chi connectivity index (χ0) is 15.2. The molecule has 1 aromatic rings. The van der Waals surface area contributed by atoms with Gasteiger partial charge >= 0.3 is 0 Å². The molecule has 1 aliphatic rings. The number of carbonyl (C=O) groups excluding carboxylic acids is 1. The van der Waals surface area contributed by atoms with Crippen molar-refractivity contribution < 1.29 is 13.9 Å². The molecule has 116 valence electrons. The number of nitrogens with one attached hydrogen (secondary N) is 2. The molecular formula is C15H22FN3O2. The molecule has 2 unspecified atom stereocenters. The van der Waals surface area contributed by atoms with Gasteiger partial charge in [-0.05, 0) is 32.3 Å². The first kappa shape index (κ1) is 15.7. The van der Waals surface area contributed by atoms with E-state index in [0.717, 1.165) is 32.1 Å². The van der Waals surface area contributed by atoms with Gasteiger partial charge in [0.25, 0.3) is 5.91 Å². The zero-order valence-corrected chi connectivity index (χ0v) is 12.5. The van der Waals surface area contributed by atoms with Crippen LogP contribution in [0.1, 0.15) is 43.5 Å². The van der Waals surface area contributed by atoms with Gasteiger partial charge < -0.3 is 15.4 Å². The lowest BCUT2D eigenvalue weighted by Crippen LogP contribution is -2.41. The SMILES string of the molecule is CCCNc1ncc(F)cc1C(=O)NC(C)C1CCCO1. The molecule has 1 aromatic heterocycles. The third kappa shape index (κ3) is 4.14. The summed E-state index contributed by atoms with van der Waals surface area (Å²) in [6.07, 6.45) is 3.98. The van der Waals surface area contributed by atoms with E-state index in [2.05, 4.69) is 15.6 Å². The van der Waals surface area contributed by atoms with Gasteiger partial charge in [0.2, 0.25) is 0 Å². The van der Waals surface area contributed by atoms with Gasteiger partial charge in [-0.25, -0.2) is 9.37 Å². The van der Waals surface area contributed by atoms with Gasteiger partial charge in [0.05, 0.1) is 23.9 Å². The molecule has 0 aliphatic carbocycles. The summed E-state index contributed by atoms with van der Waals surface area (Å²) in [5, 5.41) is 5.92. The van der Waals surface area contributed by atoms with Crippen LogP contribution in [0.15, 0.2) is 12.3 Å². The lowest BCUT2D eigenvalue weighted by Gasteiger charge is -2.20. The average Bonchev–Trinajstić information content (AvgIpc) is 3.00.